The molecule has 4 heterocycles. The van der Waals surface area contributed by atoms with Crippen LogP contribution in [0, 0.1) is 6.92 Å². The minimum atomic E-state index is -0.811. The van der Waals surface area contributed by atoms with Gasteiger partial charge in [-0.05, 0) is 50.1 Å². The number of likely N-dealkylation sites (tertiary alicyclic amines) is 1. The number of nitrogens with zero attached hydrogens (tertiary/aromatic N) is 4. The van der Waals surface area contributed by atoms with Crippen LogP contribution in [-0.4, -0.2) is 88.6 Å². The molecule has 2 aromatic heterocycles. The van der Waals surface area contributed by atoms with Gasteiger partial charge in [0.05, 0.1) is 43.7 Å². The highest BCUT2D eigenvalue weighted by Gasteiger charge is 2.46. The van der Waals surface area contributed by atoms with Crippen molar-refractivity contribution in [2.24, 2.45) is 0 Å². The Morgan fingerprint density at radius 3 is 2.62 bits per heavy atom. The van der Waals surface area contributed by atoms with Crippen LogP contribution in [0.15, 0.2) is 48.2 Å². The number of Topliss-reactive ketones (excluding diaryl/α,β-unsaturated/α-hetero) is 1. The van der Waals surface area contributed by atoms with Crippen molar-refractivity contribution >= 4 is 23.1 Å². The molecule has 2 saturated heterocycles. The van der Waals surface area contributed by atoms with Gasteiger partial charge in [-0.1, -0.05) is 19.1 Å². The number of hydrogen-bond acceptors (Lipinski definition) is 8. The quantitative estimate of drug-likeness (QED) is 0.233. The first-order valence-electron chi connectivity index (χ1n) is 13.9. The number of carbonyl (C=O) groups excluding carboxylic acids is 2. The van der Waals surface area contributed by atoms with Crippen molar-refractivity contribution in [1.82, 2.24) is 19.2 Å². The zero-order valence-electron chi connectivity index (χ0n) is 23.3. The molecule has 10 nitrogen and oxygen atoms in total. The fourth-order valence-corrected chi connectivity index (χ4v) is 5.35. The van der Waals surface area contributed by atoms with Crippen LogP contribution in [0.4, 0.5) is 0 Å². The van der Waals surface area contributed by atoms with Crippen molar-refractivity contribution < 1.29 is 28.9 Å². The molecule has 0 bridgehead atoms. The summed E-state index contributed by atoms with van der Waals surface area (Å²) < 4.78 is 19.0. The normalized spacial score (nSPS) is 19.5. The maximum absolute atomic E-state index is 13.6. The molecule has 1 aromatic carbocycles. The van der Waals surface area contributed by atoms with Crippen molar-refractivity contribution in [1.29, 1.82) is 0 Å². The number of ether oxygens (including phenoxy) is 3. The number of fused-ring (bicyclic) bond motifs is 1. The number of morpholine rings is 1. The van der Waals surface area contributed by atoms with Crippen LogP contribution in [-0.2, 0) is 14.3 Å². The van der Waals surface area contributed by atoms with E-state index in [9.17, 15) is 14.7 Å². The van der Waals surface area contributed by atoms with E-state index in [1.807, 2.05) is 38.1 Å². The molecule has 0 spiro atoms. The number of ketones is 1. The summed E-state index contributed by atoms with van der Waals surface area (Å²) in [6.07, 6.45) is 2.62. The highest BCUT2D eigenvalue weighted by molar-refractivity contribution is 6.46. The first-order chi connectivity index (χ1) is 19.4. The van der Waals surface area contributed by atoms with Crippen LogP contribution >= 0.6 is 0 Å². The molecule has 212 valence electrons. The number of aliphatic hydroxyl groups excluding tert-OH is 1. The second-order valence-corrected chi connectivity index (χ2v) is 9.91. The standard InChI is InChI=1S/C30H36N4O6/c1-4-16-40-22-10-9-21(19-23(22)39-5-2)27-25(28(35)26-20(3)31-24-8-6-7-11-33(24)26)29(36)30(37)34(27)13-12-32-14-17-38-18-15-32/h6-11,19,27,35H,4-5,12-18H2,1-3H3. The van der Waals surface area contributed by atoms with Gasteiger partial charge in [0, 0.05) is 32.4 Å². The summed E-state index contributed by atoms with van der Waals surface area (Å²) in [5.74, 6) is -0.499. The summed E-state index contributed by atoms with van der Waals surface area (Å²) in [6, 6.07) is 10.1. The summed E-state index contributed by atoms with van der Waals surface area (Å²) in [7, 11) is 0. The summed E-state index contributed by atoms with van der Waals surface area (Å²) >= 11 is 0. The van der Waals surface area contributed by atoms with Gasteiger partial charge in [-0.2, -0.15) is 0 Å². The van der Waals surface area contributed by atoms with E-state index >= 15 is 0 Å². The summed E-state index contributed by atoms with van der Waals surface area (Å²) in [5.41, 5.74) is 2.27. The van der Waals surface area contributed by atoms with Gasteiger partial charge in [0.25, 0.3) is 11.7 Å². The topological polar surface area (TPSA) is 106 Å². The third-order valence-electron chi connectivity index (χ3n) is 7.27. The molecule has 1 N–H and O–H groups in total. The van der Waals surface area contributed by atoms with Crippen molar-refractivity contribution in [3.8, 4) is 11.5 Å². The third kappa shape index (κ3) is 5.29. The number of aromatic nitrogens is 2. The molecule has 3 aromatic rings. The van der Waals surface area contributed by atoms with Gasteiger partial charge in [0.1, 0.15) is 11.3 Å². The Morgan fingerprint density at radius 1 is 1.07 bits per heavy atom. The van der Waals surface area contributed by atoms with Gasteiger partial charge < -0.3 is 24.2 Å². The lowest BCUT2D eigenvalue weighted by Crippen LogP contribution is -2.42. The highest BCUT2D eigenvalue weighted by atomic mass is 16.5. The number of rotatable bonds is 10. The smallest absolute Gasteiger partial charge is 0.295 e. The molecule has 0 saturated carbocycles. The predicted molar refractivity (Wildman–Crippen MR) is 150 cm³/mol. The third-order valence-corrected chi connectivity index (χ3v) is 7.27. The minimum absolute atomic E-state index is 0.0328. The van der Waals surface area contributed by atoms with Gasteiger partial charge in [0.15, 0.2) is 17.3 Å². The molecule has 1 amide bonds. The monoisotopic (exact) mass is 548 g/mol. The second-order valence-electron chi connectivity index (χ2n) is 9.91. The molecule has 5 rings (SSSR count). The van der Waals surface area contributed by atoms with Crippen molar-refractivity contribution in [2.75, 3.05) is 52.6 Å². The number of pyridine rings is 1. The minimum Gasteiger partial charge on any atom is -0.505 e. The number of aryl methyl sites for hydroxylation is 1. The molecule has 0 aliphatic carbocycles. The van der Waals surface area contributed by atoms with Crippen LogP contribution in [0.1, 0.15) is 43.3 Å². The second kappa shape index (κ2) is 12.1. The fraction of sp³-hybridized carbons (Fsp3) is 0.433. The average Bonchev–Trinajstić information content (AvgIpc) is 3.43. The number of benzene rings is 1. The lowest BCUT2D eigenvalue weighted by molar-refractivity contribution is -0.140. The van der Waals surface area contributed by atoms with Gasteiger partial charge in [0.2, 0.25) is 0 Å². The van der Waals surface area contributed by atoms with E-state index in [1.165, 1.54) is 0 Å². The Labute approximate surface area is 233 Å². The summed E-state index contributed by atoms with van der Waals surface area (Å²) in [5, 5.41) is 11.7. The van der Waals surface area contributed by atoms with Gasteiger partial charge >= 0.3 is 0 Å². The molecular formula is C30H36N4O6. The van der Waals surface area contributed by atoms with E-state index in [-0.39, 0.29) is 11.3 Å². The van der Waals surface area contributed by atoms with E-state index < -0.39 is 17.7 Å². The van der Waals surface area contributed by atoms with E-state index in [2.05, 4.69) is 9.88 Å². The Hall–Kier alpha value is -3.89. The van der Waals surface area contributed by atoms with Gasteiger partial charge in [-0.25, -0.2) is 4.98 Å². The van der Waals surface area contributed by atoms with E-state index in [4.69, 9.17) is 14.2 Å². The maximum Gasteiger partial charge on any atom is 0.295 e. The number of aliphatic hydroxyl groups is 1. The van der Waals surface area contributed by atoms with Crippen LogP contribution in [0.5, 0.6) is 11.5 Å². The number of hydrogen-bond donors (Lipinski definition) is 1. The first kappa shape index (κ1) is 27.7. The average molecular weight is 549 g/mol. The van der Waals surface area contributed by atoms with E-state index in [0.29, 0.717) is 73.6 Å². The van der Waals surface area contributed by atoms with Crippen LogP contribution < -0.4 is 9.47 Å². The molecule has 1 unspecified atom stereocenters. The predicted octanol–water partition coefficient (Wildman–Crippen LogP) is 3.58. The van der Waals surface area contributed by atoms with Crippen molar-refractivity contribution in [2.45, 2.75) is 33.2 Å². The molecule has 2 fully saturated rings. The SMILES string of the molecule is CCCOc1ccc(C2C(=C(O)c3c(C)nc4ccccn34)C(=O)C(=O)N2CCN2CCOCC2)cc1OCC. The molecular weight excluding hydrogens is 512 g/mol. The lowest BCUT2D eigenvalue weighted by Gasteiger charge is -2.31. The molecule has 2 aliphatic heterocycles. The largest absolute Gasteiger partial charge is 0.505 e. The Kier molecular flexibility index (Phi) is 8.37. The number of amides is 1. The molecule has 0 radical (unpaired) electrons. The Balaban J connectivity index is 1.62. The van der Waals surface area contributed by atoms with E-state index in [1.54, 1.807) is 34.6 Å². The molecule has 40 heavy (non-hydrogen) atoms. The number of imidazole rings is 1. The Bertz CT molecular complexity index is 1420. The van der Waals surface area contributed by atoms with E-state index in [0.717, 1.165) is 19.5 Å². The fourth-order valence-electron chi connectivity index (χ4n) is 5.35. The van der Waals surface area contributed by atoms with Crippen molar-refractivity contribution in [3.63, 3.8) is 0 Å². The summed E-state index contributed by atoms with van der Waals surface area (Å²) in [4.78, 5) is 35.5. The number of carbonyl (C=O) groups is 2. The lowest BCUT2D eigenvalue weighted by atomic mass is 9.96. The first-order valence-corrected chi connectivity index (χ1v) is 13.9. The molecule has 2 aliphatic rings. The van der Waals surface area contributed by atoms with Crippen molar-refractivity contribution in [3.05, 3.63) is 65.1 Å². The zero-order chi connectivity index (χ0) is 28.2. The van der Waals surface area contributed by atoms with Crippen LogP contribution in [0.25, 0.3) is 11.4 Å². The van der Waals surface area contributed by atoms with Crippen LogP contribution in [0.2, 0.25) is 0 Å². The van der Waals surface area contributed by atoms with Gasteiger partial charge in [-0.3, -0.25) is 18.9 Å². The zero-order valence-corrected chi connectivity index (χ0v) is 23.3. The van der Waals surface area contributed by atoms with Gasteiger partial charge in [-0.15, -0.1) is 0 Å². The molecule has 1 atom stereocenters. The summed E-state index contributed by atoms with van der Waals surface area (Å²) in [6.45, 7) is 10.3. The molecule has 10 heteroatoms. The van der Waals surface area contributed by atoms with Crippen LogP contribution in [0.3, 0.4) is 0 Å². The maximum atomic E-state index is 13.6. The Morgan fingerprint density at radius 2 is 1.88 bits per heavy atom. The highest BCUT2D eigenvalue weighted by Crippen LogP contribution is 2.42.